The molecule has 0 atom stereocenters. The number of aromatic nitrogens is 1. The Morgan fingerprint density at radius 3 is 2.52 bits per heavy atom. The van der Waals surface area contributed by atoms with Crippen molar-refractivity contribution < 1.29 is 9.84 Å². The maximum atomic E-state index is 12.6. The fourth-order valence-corrected chi connectivity index (χ4v) is 2.80. The standard InChI is InChI=1S/C21H21NO3/c1-13(2)4-9-16-19(23)11-10-17-20(24)12-18(22-21(16)17)14-5-7-15(25-3)8-6-14/h4-8,10-12,23H,9H2,1-3H3,(H,22,24). The number of aromatic hydroxyl groups is 1. The van der Waals surface area contributed by atoms with Gasteiger partial charge in [0.2, 0.25) is 0 Å². The van der Waals surface area contributed by atoms with Crippen molar-refractivity contribution in [3.8, 4) is 22.8 Å². The van der Waals surface area contributed by atoms with Gasteiger partial charge in [0.15, 0.2) is 5.43 Å². The highest BCUT2D eigenvalue weighted by Gasteiger charge is 2.11. The van der Waals surface area contributed by atoms with Crippen LogP contribution in [0.15, 0.2) is 58.9 Å². The molecule has 3 aromatic rings. The van der Waals surface area contributed by atoms with Gasteiger partial charge in [0.1, 0.15) is 11.5 Å². The van der Waals surface area contributed by atoms with Crippen LogP contribution in [0.4, 0.5) is 0 Å². The third-order valence-electron chi connectivity index (χ3n) is 4.20. The molecular weight excluding hydrogens is 314 g/mol. The fraction of sp³-hybridized carbons (Fsp3) is 0.190. The van der Waals surface area contributed by atoms with Crippen LogP contribution in [0.2, 0.25) is 0 Å². The molecule has 0 aliphatic rings. The lowest BCUT2D eigenvalue weighted by Crippen LogP contribution is -2.05. The number of hydrogen-bond donors (Lipinski definition) is 2. The number of allylic oxidation sites excluding steroid dienone is 2. The Kier molecular flexibility index (Phi) is 4.61. The minimum Gasteiger partial charge on any atom is -0.508 e. The van der Waals surface area contributed by atoms with E-state index in [1.807, 2.05) is 44.2 Å². The highest BCUT2D eigenvalue weighted by atomic mass is 16.5. The Balaban J connectivity index is 2.20. The first-order chi connectivity index (χ1) is 12.0. The Bertz CT molecular complexity index is 994. The first-order valence-electron chi connectivity index (χ1n) is 8.15. The summed E-state index contributed by atoms with van der Waals surface area (Å²) in [5.74, 6) is 0.946. The number of ether oxygens (including phenoxy) is 1. The van der Waals surface area contributed by atoms with Crippen molar-refractivity contribution in [2.45, 2.75) is 20.3 Å². The van der Waals surface area contributed by atoms with E-state index in [1.165, 1.54) is 0 Å². The molecule has 0 aliphatic heterocycles. The van der Waals surface area contributed by atoms with Gasteiger partial charge in [-0.2, -0.15) is 0 Å². The number of hydrogen-bond acceptors (Lipinski definition) is 3. The predicted molar refractivity (Wildman–Crippen MR) is 101 cm³/mol. The Morgan fingerprint density at radius 1 is 1.16 bits per heavy atom. The van der Waals surface area contributed by atoms with Gasteiger partial charge >= 0.3 is 0 Å². The maximum Gasteiger partial charge on any atom is 0.190 e. The van der Waals surface area contributed by atoms with Gasteiger partial charge in [-0.3, -0.25) is 4.79 Å². The van der Waals surface area contributed by atoms with E-state index in [1.54, 1.807) is 25.3 Å². The second-order valence-electron chi connectivity index (χ2n) is 6.25. The van der Waals surface area contributed by atoms with Crippen LogP contribution < -0.4 is 10.2 Å². The Labute approximate surface area is 146 Å². The first-order valence-corrected chi connectivity index (χ1v) is 8.15. The van der Waals surface area contributed by atoms with Crippen LogP contribution in [0.25, 0.3) is 22.2 Å². The van der Waals surface area contributed by atoms with E-state index in [9.17, 15) is 9.90 Å². The van der Waals surface area contributed by atoms with Gasteiger partial charge in [0.05, 0.1) is 12.6 Å². The van der Waals surface area contributed by atoms with Gasteiger partial charge in [0.25, 0.3) is 0 Å². The molecule has 0 saturated heterocycles. The van der Waals surface area contributed by atoms with Crippen LogP contribution in [-0.2, 0) is 6.42 Å². The average Bonchev–Trinajstić information content (AvgIpc) is 2.60. The molecule has 0 unspecified atom stereocenters. The van der Waals surface area contributed by atoms with E-state index in [2.05, 4.69) is 4.98 Å². The van der Waals surface area contributed by atoms with Gasteiger partial charge in [-0.15, -0.1) is 0 Å². The Morgan fingerprint density at radius 2 is 1.88 bits per heavy atom. The average molecular weight is 335 g/mol. The molecule has 128 valence electrons. The zero-order valence-electron chi connectivity index (χ0n) is 14.6. The molecule has 0 fully saturated rings. The monoisotopic (exact) mass is 335 g/mol. The van der Waals surface area contributed by atoms with Gasteiger partial charge in [-0.25, -0.2) is 0 Å². The second kappa shape index (κ2) is 6.85. The molecule has 4 heteroatoms. The summed E-state index contributed by atoms with van der Waals surface area (Å²) < 4.78 is 5.18. The molecular formula is C21H21NO3. The van der Waals surface area contributed by atoms with E-state index < -0.39 is 0 Å². The summed E-state index contributed by atoms with van der Waals surface area (Å²) in [5, 5.41) is 10.9. The number of rotatable bonds is 4. The van der Waals surface area contributed by atoms with Crippen molar-refractivity contribution in [1.82, 2.24) is 4.98 Å². The zero-order valence-corrected chi connectivity index (χ0v) is 14.6. The number of phenolic OH excluding ortho intramolecular Hbond substituents is 1. The molecule has 0 saturated carbocycles. The van der Waals surface area contributed by atoms with Gasteiger partial charge in [-0.05, 0) is 62.2 Å². The van der Waals surface area contributed by atoms with Gasteiger partial charge in [-0.1, -0.05) is 11.6 Å². The van der Waals surface area contributed by atoms with Crippen LogP contribution in [-0.4, -0.2) is 17.2 Å². The molecule has 0 bridgehead atoms. The van der Waals surface area contributed by atoms with E-state index in [0.717, 1.165) is 22.4 Å². The number of aromatic amines is 1. The van der Waals surface area contributed by atoms with Gasteiger partial charge < -0.3 is 14.8 Å². The highest BCUT2D eigenvalue weighted by Crippen LogP contribution is 2.28. The van der Waals surface area contributed by atoms with E-state index in [4.69, 9.17) is 4.74 Å². The summed E-state index contributed by atoms with van der Waals surface area (Å²) in [5.41, 5.74) is 4.09. The lowest BCUT2D eigenvalue weighted by Gasteiger charge is -2.10. The number of pyridine rings is 1. The summed E-state index contributed by atoms with van der Waals surface area (Å²) in [6.45, 7) is 4.02. The SMILES string of the molecule is COc1ccc(-c2cc(=O)c3ccc(O)c(CC=C(C)C)c3[nH]2)cc1. The molecule has 2 N–H and O–H groups in total. The van der Waals surface area contributed by atoms with E-state index in [-0.39, 0.29) is 11.2 Å². The van der Waals surface area contributed by atoms with E-state index in [0.29, 0.717) is 23.0 Å². The molecule has 1 aromatic heterocycles. The maximum absolute atomic E-state index is 12.6. The number of fused-ring (bicyclic) bond motifs is 1. The van der Waals surface area contributed by atoms with Crippen molar-refractivity contribution >= 4 is 10.9 Å². The van der Waals surface area contributed by atoms with Crippen LogP contribution >= 0.6 is 0 Å². The molecule has 2 aromatic carbocycles. The second-order valence-corrected chi connectivity index (χ2v) is 6.25. The molecule has 4 nitrogen and oxygen atoms in total. The summed E-state index contributed by atoms with van der Waals surface area (Å²) in [7, 11) is 1.62. The summed E-state index contributed by atoms with van der Waals surface area (Å²) in [4.78, 5) is 15.9. The zero-order chi connectivity index (χ0) is 18.0. The van der Waals surface area contributed by atoms with Crippen molar-refractivity contribution in [3.05, 3.63) is 69.9 Å². The number of H-pyrrole nitrogens is 1. The molecule has 3 rings (SSSR count). The number of methoxy groups -OCH3 is 1. The normalized spacial score (nSPS) is 10.7. The molecule has 0 spiro atoms. The van der Waals surface area contributed by atoms with Crippen LogP contribution in [0.3, 0.4) is 0 Å². The minimum absolute atomic E-state index is 0.0713. The van der Waals surface area contributed by atoms with Gasteiger partial charge in [0, 0.05) is 22.7 Å². The quantitative estimate of drug-likeness (QED) is 0.694. The number of benzene rings is 2. The summed E-state index contributed by atoms with van der Waals surface area (Å²) in [6.07, 6.45) is 2.60. The summed E-state index contributed by atoms with van der Waals surface area (Å²) >= 11 is 0. The van der Waals surface area contributed by atoms with Crippen molar-refractivity contribution in [2.24, 2.45) is 0 Å². The Hall–Kier alpha value is -3.01. The third-order valence-corrected chi connectivity index (χ3v) is 4.20. The summed E-state index contributed by atoms with van der Waals surface area (Å²) in [6, 6.07) is 12.3. The molecule has 1 heterocycles. The largest absolute Gasteiger partial charge is 0.508 e. The number of phenols is 1. The lowest BCUT2D eigenvalue weighted by atomic mass is 10.0. The topological polar surface area (TPSA) is 62.3 Å². The fourth-order valence-electron chi connectivity index (χ4n) is 2.80. The minimum atomic E-state index is -0.0713. The predicted octanol–water partition coefficient (Wildman–Crippen LogP) is 4.42. The smallest absolute Gasteiger partial charge is 0.190 e. The van der Waals surface area contributed by atoms with E-state index >= 15 is 0 Å². The molecule has 25 heavy (non-hydrogen) atoms. The molecule has 0 amide bonds. The first kappa shape index (κ1) is 16.8. The van der Waals surface area contributed by atoms with Crippen molar-refractivity contribution in [1.29, 1.82) is 0 Å². The molecule has 0 radical (unpaired) electrons. The van der Waals surface area contributed by atoms with Crippen LogP contribution in [0.1, 0.15) is 19.4 Å². The van der Waals surface area contributed by atoms with Crippen LogP contribution in [0.5, 0.6) is 11.5 Å². The number of nitrogens with one attached hydrogen (secondary N) is 1. The molecule has 0 aliphatic carbocycles. The van der Waals surface area contributed by atoms with Crippen molar-refractivity contribution in [2.75, 3.05) is 7.11 Å². The third kappa shape index (κ3) is 3.43. The lowest BCUT2D eigenvalue weighted by molar-refractivity contribution is 0.415. The van der Waals surface area contributed by atoms with Crippen molar-refractivity contribution in [3.63, 3.8) is 0 Å². The van der Waals surface area contributed by atoms with Crippen LogP contribution in [0, 0.1) is 0 Å². The highest BCUT2D eigenvalue weighted by molar-refractivity contribution is 5.86.